The largest absolute Gasteiger partial charge is 0.480 e. The highest BCUT2D eigenvalue weighted by Gasteiger charge is 2.25. The summed E-state index contributed by atoms with van der Waals surface area (Å²) in [6, 6.07) is -0.724. The van der Waals surface area contributed by atoms with Gasteiger partial charge in [-0.15, -0.1) is 0 Å². The second-order valence-electron chi connectivity index (χ2n) is 5.83. The number of aliphatic carboxylic acids is 1. The third-order valence-corrected chi connectivity index (χ3v) is 4.07. The molecule has 110 valence electrons. The number of hydrogen-bond donors (Lipinski definition) is 2. The highest BCUT2D eigenvalue weighted by atomic mass is 16.4. The summed E-state index contributed by atoms with van der Waals surface area (Å²) in [5.74, 6) is -0.448. The van der Waals surface area contributed by atoms with Crippen molar-refractivity contribution in [1.82, 2.24) is 5.32 Å². The first-order valence-electron chi connectivity index (χ1n) is 7.57. The van der Waals surface area contributed by atoms with Crippen LogP contribution in [0.3, 0.4) is 0 Å². The Morgan fingerprint density at radius 2 is 1.95 bits per heavy atom. The quantitative estimate of drug-likeness (QED) is 0.712. The summed E-state index contributed by atoms with van der Waals surface area (Å²) in [5.41, 5.74) is 0. The lowest BCUT2D eigenvalue weighted by molar-refractivity contribution is -0.142. The van der Waals surface area contributed by atoms with E-state index < -0.39 is 12.0 Å². The normalized spacial score (nSPS) is 19.1. The van der Waals surface area contributed by atoms with Crippen LogP contribution < -0.4 is 5.32 Å². The number of hydrogen-bond acceptors (Lipinski definition) is 2. The van der Waals surface area contributed by atoms with E-state index >= 15 is 0 Å². The van der Waals surface area contributed by atoms with Crippen LogP contribution in [0.2, 0.25) is 0 Å². The van der Waals surface area contributed by atoms with Crippen molar-refractivity contribution in [3.8, 4) is 0 Å². The fourth-order valence-corrected chi connectivity index (χ4v) is 2.83. The molecular formula is C15H27NO3. The molecule has 4 heteroatoms. The lowest BCUT2D eigenvalue weighted by Crippen LogP contribution is -2.43. The summed E-state index contributed by atoms with van der Waals surface area (Å²) < 4.78 is 0. The number of amides is 1. The standard InChI is InChI=1S/C15H27NO3/c1-3-4-9-13(15(18)19)16-14(17)11(2)10-12-7-5-6-8-12/h11-13H,3-10H2,1-2H3,(H,16,17)(H,18,19). The average Bonchev–Trinajstić information content (AvgIpc) is 2.86. The Balaban J connectivity index is 2.38. The lowest BCUT2D eigenvalue weighted by Gasteiger charge is -2.19. The van der Waals surface area contributed by atoms with Crippen molar-refractivity contribution < 1.29 is 14.7 Å². The van der Waals surface area contributed by atoms with Crippen molar-refractivity contribution >= 4 is 11.9 Å². The van der Waals surface area contributed by atoms with Crippen LogP contribution in [0, 0.1) is 11.8 Å². The Hall–Kier alpha value is -1.06. The molecule has 0 bridgehead atoms. The summed E-state index contributed by atoms with van der Waals surface area (Å²) in [4.78, 5) is 23.1. The van der Waals surface area contributed by atoms with Gasteiger partial charge in [0.1, 0.15) is 6.04 Å². The maximum atomic E-state index is 12.0. The fourth-order valence-electron chi connectivity index (χ4n) is 2.83. The summed E-state index contributed by atoms with van der Waals surface area (Å²) in [7, 11) is 0. The van der Waals surface area contributed by atoms with Crippen molar-refractivity contribution in [2.24, 2.45) is 11.8 Å². The van der Waals surface area contributed by atoms with E-state index in [1.54, 1.807) is 0 Å². The maximum absolute atomic E-state index is 12.0. The molecule has 1 aliphatic rings. The molecule has 4 nitrogen and oxygen atoms in total. The van der Waals surface area contributed by atoms with Gasteiger partial charge in [0.25, 0.3) is 0 Å². The topological polar surface area (TPSA) is 66.4 Å². The van der Waals surface area contributed by atoms with Crippen LogP contribution in [0.25, 0.3) is 0 Å². The van der Waals surface area contributed by atoms with Gasteiger partial charge in [-0.3, -0.25) is 4.79 Å². The van der Waals surface area contributed by atoms with Crippen LogP contribution in [0.4, 0.5) is 0 Å². The Labute approximate surface area is 116 Å². The predicted octanol–water partition coefficient (Wildman–Crippen LogP) is 2.96. The van der Waals surface area contributed by atoms with E-state index in [0.29, 0.717) is 12.3 Å². The fraction of sp³-hybridized carbons (Fsp3) is 0.867. The molecule has 19 heavy (non-hydrogen) atoms. The van der Waals surface area contributed by atoms with E-state index in [9.17, 15) is 9.59 Å². The SMILES string of the molecule is CCCCC(NC(=O)C(C)CC1CCCC1)C(=O)O. The molecule has 1 amide bonds. The lowest BCUT2D eigenvalue weighted by atomic mass is 9.93. The molecule has 2 unspecified atom stereocenters. The summed E-state index contributed by atoms with van der Waals surface area (Å²) in [5, 5.41) is 11.8. The minimum Gasteiger partial charge on any atom is -0.480 e. The van der Waals surface area contributed by atoms with Crippen LogP contribution in [0.1, 0.15) is 65.2 Å². The van der Waals surface area contributed by atoms with Gasteiger partial charge in [0.2, 0.25) is 5.91 Å². The molecule has 0 aliphatic heterocycles. The van der Waals surface area contributed by atoms with Gasteiger partial charge in [-0.25, -0.2) is 4.79 Å². The van der Waals surface area contributed by atoms with E-state index in [0.717, 1.165) is 19.3 Å². The van der Waals surface area contributed by atoms with Gasteiger partial charge in [-0.1, -0.05) is 52.4 Å². The molecule has 1 saturated carbocycles. The zero-order valence-corrected chi connectivity index (χ0v) is 12.2. The highest BCUT2D eigenvalue weighted by molar-refractivity contribution is 5.84. The number of carboxylic acids is 1. The molecule has 1 rings (SSSR count). The van der Waals surface area contributed by atoms with Crippen LogP contribution >= 0.6 is 0 Å². The van der Waals surface area contributed by atoms with E-state index in [1.165, 1.54) is 25.7 Å². The molecule has 0 radical (unpaired) electrons. The molecule has 0 heterocycles. The van der Waals surface area contributed by atoms with Gasteiger partial charge in [-0.05, 0) is 18.8 Å². The van der Waals surface area contributed by atoms with Gasteiger partial charge in [0, 0.05) is 5.92 Å². The molecule has 2 atom stereocenters. The van der Waals surface area contributed by atoms with Gasteiger partial charge in [0.15, 0.2) is 0 Å². The van der Waals surface area contributed by atoms with Gasteiger partial charge >= 0.3 is 5.97 Å². The third kappa shape index (κ3) is 5.62. The molecule has 0 aromatic rings. The number of rotatable bonds is 8. The minimum absolute atomic E-state index is 0.0772. The summed E-state index contributed by atoms with van der Waals surface area (Å²) in [6.07, 6.45) is 8.16. The number of unbranched alkanes of at least 4 members (excludes halogenated alkanes) is 1. The first-order valence-corrected chi connectivity index (χ1v) is 7.57. The van der Waals surface area contributed by atoms with Crippen molar-refractivity contribution in [3.05, 3.63) is 0 Å². The van der Waals surface area contributed by atoms with Gasteiger partial charge in [-0.2, -0.15) is 0 Å². The number of carboxylic acid groups (broad SMARTS) is 1. The Kier molecular flexibility index (Phi) is 6.89. The maximum Gasteiger partial charge on any atom is 0.326 e. The Bertz CT molecular complexity index is 298. The van der Waals surface area contributed by atoms with Crippen LogP contribution in [-0.2, 0) is 9.59 Å². The summed E-state index contributed by atoms with van der Waals surface area (Å²) >= 11 is 0. The van der Waals surface area contributed by atoms with Crippen molar-refractivity contribution in [2.45, 2.75) is 71.3 Å². The first kappa shape index (κ1) is 16.0. The van der Waals surface area contributed by atoms with E-state index in [-0.39, 0.29) is 11.8 Å². The molecule has 1 aliphatic carbocycles. The number of nitrogens with one attached hydrogen (secondary N) is 1. The second kappa shape index (κ2) is 8.18. The van der Waals surface area contributed by atoms with Crippen LogP contribution in [0.15, 0.2) is 0 Å². The highest BCUT2D eigenvalue weighted by Crippen LogP contribution is 2.30. The molecule has 0 saturated heterocycles. The molecule has 0 spiro atoms. The molecular weight excluding hydrogens is 242 g/mol. The molecule has 2 N–H and O–H groups in total. The average molecular weight is 269 g/mol. The van der Waals surface area contributed by atoms with E-state index in [4.69, 9.17) is 5.11 Å². The smallest absolute Gasteiger partial charge is 0.326 e. The molecule has 1 fully saturated rings. The number of carbonyl (C=O) groups excluding carboxylic acids is 1. The number of carbonyl (C=O) groups is 2. The Morgan fingerprint density at radius 1 is 1.32 bits per heavy atom. The zero-order chi connectivity index (χ0) is 14.3. The van der Waals surface area contributed by atoms with Crippen molar-refractivity contribution in [3.63, 3.8) is 0 Å². The van der Waals surface area contributed by atoms with Crippen LogP contribution in [-0.4, -0.2) is 23.0 Å². The van der Waals surface area contributed by atoms with Gasteiger partial charge < -0.3 is 10.4 Å². The molecule has 0 aromatic heterocycles. The van der Waals surface area contributed by atoms with Crippen molar-refractivity contribution in [1.29, 1.82) is 0 Å². The zero-order valence-electron chi connectivity index (χ0n) is 12.2. The van der Waals surface area contributed by atoms with E-state index in [1.807, 2.05) is 13.8 Å². The van der Waals surface area contributed by atoms with E-state index in [2.05, 4.69) is 5.32 Å². The van der Waals surface area contributed by atoms with Gasteiger partial charge in [0.05, 0.1) is 0 Å². The van der Waals surface area contributed by atoms with Crippen LogP contribution in [0.5, 0.6) is 0 Å². The monoisotopic (exact) mass is 269 g/mol. The Morgan fingerprint density at radius 3 is 2.47 bits per heavy atom. The predicted molar refractivity (Wildman–Crippen MR) is 74.8 cm³/mol. The first-order chi connectivity index (χ1) is 9.04. The second-order valence-corrected chi connectivity index (χ2v) is 5.83. The van der Waals surface area contributed by atoms with Crippen molar-refractivity contribution in [2.75, 3.05) is 0 Å². The third-order valence-electron chi connectivity index (χ3n) is 4.07. The summed E-state index contributed by atoms with van der Waals surface area (Å²) in [6.45, 7) is 3.93. The molecule has 0 aromatic carbocycles. The minimum atomic E-state index is -0.921.